The Labute approximate surface area is 192 Å². The molecule has 9 nitrogen and oxygen atoms in total. The lowest BCUT2D eigenvalue weighted by molar-refractivity contribution is -0.137. The van der Waals surface area contributed by atoms with Gasteiger partial charge in [-0.05, 0) is 48.9 Å². The van der Waals surface area contributed by atoms with Gasteiger partial charge in [0.1, 0.15) is 11.6 Å². The van der Waals surface area contributed by atoms with Gasteiger partial charge in [0, 0.05) is 23.9 Å². The first kappa shape index (κ1) is 22.8. The second kappa shape index (κ2) is 9.65. The van der Waals surface area contributed by atoms with Crippen LogP contribution in [0.3, 0.4) is 0 Å². The maximum absolute atomic E-state index is 12.9. The van der Waals surface area contributed by atoms with Gasteiger partial charge in [-0.15, -0.1) is 10.2 Å². The van der Waals surface area contributed by atoms with Gasteiger partial charge in [-0.3, -0.25) is 0 Å². The Morgan fingerprint density at radius 2 is 1.82 bits per heavy atom. The van der Waals surface area contributed by atoms with E-state index in [1.165, 1.54) is 12.1 Å². The number of aromatic amines is 1. The zero-order chi connectivity index (χ0) is 24.1. The van der Waals surface area contributed by atoms with E-state index < -0.39 is 11.7 Å². The summed E-state index contributed by atoms with van der Waals surface area (Å²) in [7, 11) is 0. The Kier molecular flexibility index (Phi) is 6.48. The summed E-state index contributed by atoms with van der Waals surface area (Å²) in [5, 5.41) is 13.9. The van der Waals surface area contributed by atoms with Crippen LogP contribution in [0.25, 0.3) is 11.4 Å². The molecule has 0 fully saturated rings. The normalized spacial score (nSPS) is 11.3. The van der Waals surface area contributed by atoms with Crippen LogP contribution in [0.2, 0.25) is 0 Å². The second-order valence-electron chi connectivity index (χ2n) is 7.23. The number of anilines is 4. The number of alkyl halides is 3. The quantitative estimate of drug-likeness (QED) is 0.276. The minimum absolute atomic E-state index is 0.0928. The molecular formula is C22H21F3N8O. The van der Waals surface area contributed by atoms with Crippen molar-refractivity contribution in [1.29, 1.82) is 0 Å². The average molecular weight is 470 g/mol. The van der Waals surface area contributed by atoms with Crippen molar-refractivity contribution in [2.24, 2.45) is 0 Å². The molecule has 0 bridgehead atoms. The molecule has 0 saturated carbocycles. The van der Waals surface area contributed by atoms with Crippen LogP contribution in [0, 0.1) is 0 Å². The highest BCUT2D eigenvalue weighted by atomic mass is 19.4. The van der Waals surface area contributed by atoms with Crippen LogP contribution in [0.5, 0.6) is 11.6 Å². The standard InChI is InChI=1S/C22H21F3N8O/c1-2-10-27-17-12-18(30-20(26)29-17)34-16-8-6-13(7-9-16)19-31-21(33-32-19)28-15-5-3-4-14(11-15)22(23,24)25/h3-9,11-12H,2,10H2,1H3,(H3,26,27,29,30)(H2,28,31,32,33). The van der Waals surface area contributed by atoms with Crippen LogP contribution >= 0.6 is 0 Å². The van der Waals surface area contributed by atoms with Crippen molar-refractivity contribution in [3.8, 4) is 23.0 Å². The molecule has 4 rings (SSSR count). The summed E-state index contributed by atoms with van der Waals surface area (Å²) in [6, 6.07) is 13.4. The van der Waals surface area contributed by atoms with Crippen LogP contribution in [0.4, 0.5) is 36.6 Å². The van der Waals surface area contributed by atoms with Gasteiger partial charge in [-0.25, -0.2) is 0 Å². The summed E-state index contributed by atoms with van der Waals surface area (Å²) in [5.41, 5.74) is 5.92. The number of nitrogens with one attached hydrogen (secondary N) is 3. The van der Waals surface area contributed by atoms with Crippen molar-refractivity contribution in [3.05, 3.63) is 60.2 Å². The van der Waals surface area contributed by atoms with Crippen molar-refractivity contribution in [2.75, 3.05) is 22.9 Å². The van der Waals surface area contributed by atoms with Gasteiger partial charge in [0.15, 0.2) is 5.82 Å². The molecular weight excluding hydrogens is 449 g/mol. The van der Waals surface area contributed by atoms with Gasteiger partial charge in [-0.1, -0.05) is 13.0 Å². The Balaban J connectivity index is 1.44. The number of nitrogen functional groups attached to an aromatic ring is 1. The van der Waals surface area contributed by atoms with E-state index in [9.17, 15) is 13.2 Å². The molecule has 0 aliphatic rings. The highest BCUT2D eigenvalue weighted by molar-refractivity contribution is 5.60. The third-order valence-electron chi connectivity index (χ3n) is 4.57. The number of nitrogens with two attached hydrogens (primary N) is 1. The average Bonchev–Trinajstić information content (AvgIpc) is 3.26. The lowest BCUT2D eigenvalue weighted by Crippen LogP contribution is -2.05. The predicted molar refractivity (Wildman–Crippen MR) is 122 cm³/mol. The third kappa shape index (κ3) is 5.71. The SMILES string of the molecule is CCCNc1cc(Oc2ccc(-c3nnc(Nc4cccc(C(F)(F)F)c4)[nH]3)cc2)nc(N)n1. The molecule has 0 amide bonds. The van der Waals surface area contributed by atoms with E-state index in [1.807, 2.05) is 6.92 Å². The summed E-state index contributed by atoms with van der Waals surface area (Å²) in [4.78, 5) is 11.1. The van der Waals surface area contributed by atoms with Crippen molar-refractivity contribution in [1.82, 2.24) is 25.1 Å². The van der Waals surface area contributed by atoms with E-state index in [0.717, 1.165) is 25.1 Å². The Morgan fingerprint density at radius 3 is 2.56 bits per heavy atom. The largest absolute Gasteiger partial charge is 0.439 e. The minimum Gasteiger partial charge on any atom is -0.439 e. The fourth-order valence-electron chi connectivity index (χ4n) is 3.00. The van der Waals surface area contributed by atoms with Gasteiger partial charge in [0.05, 0.1) is 5.56 Å². The molecule has 0 aliphatic carbocycles. The predicted octanol–water partition coefficient (Wildman–Crippen LogP) is 5.22. The van der Waals surface area contributed by atoms with E-state index in [0.29, 0.717) is 28.8 Å². The molecule has 0 radical (unpaired) electrons. The molecule has 34 heavy (non-hydrogen) atoms. The van der Waals surface area contributed by atoms with Crippen LogP contribution in [-0.4, -0.2) is 31.7 Å². The number of ether oxygens (including phenoxy) is 1. The molecule has 4 aromatic rings. The molecule has 12 heteroatoms. The number of rotatable bonds is 8. The van der Waals surface area contributed by atoms with Crippen molar-refractivity contribution in [3.63, 3.8) is 0 Å². The number of H-pyrrole nitrogens is 1. The molecule has 0 spiro atoms. The van der Waals surface area contributed by atoms with Gasteiger partial charge in [-0.2, -0.15) is 23.1 Å². The summed E-state index contributed by atoms with van der Waals surface area (Å²) < 4.78 is 44.5. The lowest BCUT2D eigenvalue weighted by Gasteiger charge is -2.09. The first-order valence-corrected chi connectivity index (χ1v) is 10.3. The Hall–Kier alpha value is -4.35. The number of halogens is 3. The fourth-order valence-corrected chi connectivity index (χ4v) is 3.00. The summed E-state index contributed by atoms with van der Waals surface area (Å²) in [6.07, 6.45) is -3.50. The minimum atomic E-state index is -4.43. The van der Waals surface area contributed by atoms with Crippen molar-refractivity contribution >= 4 is 23.4 Å². The van der Waals surface area contributed by atoms with Gasteiger partial charge in [0.25, 0.3) is 0 Å². The fraction of sp³-hybridized carbons (Fsp3) is 0.182. The molecule has 0 unspecified atom stereocenters. The van der Waals surface area contributed by atoms with Crippen LogP contribution < -0.4 is 21.1 Å². The van der Waals surface area contributed by atoms with Gasteiger partial charge >= 0.3 is 6.18 Å². The summed E-state index contributed by atoms with van der Waals surface area (Å²) in [5.74, 6) is 2.12. The molecule has 2 heterocycles. The number of hydrogen-bond acceptors (Lipinski definition) is 8. The monoisotopic (exact) mass is 470 g/mol. The lowest BCUT2D eigenvalue weighted by atomic mass is 10.2. The molecule has 2 aromatic carbocycles. The maximum atomic E-state index is 12.9. The van der Waals surface area contributed by atoms with Gasteiger partial charge < -0.3 is 26.1 Å². The molecule has 176 valence electrons. The van der Waals surface area contributed by atoms with Gasteiger partial charge in [0.2, 0.25) is 17.8 Å². The highest BCUT2D eigenvalue weighted by Crippen LogP contribution is 2.31. The summed E-state index contributed by atoms with van der Waals surface area (Å²) >= 11 is 0. The van der Waals surface area contributed by atoms with E-state index in [-0.39, 0.29) is 17.6 Å². The number of nitrogens with zero attached hydrogens (tertiary/aromatic N) is 4. The van der Waals surface area contributed by atoms with Crippen molar-refractivity contribution in [2.45, 2.75) is 19.5 Å². The molecule has 0 aliphatic heterocycles. The zero-order valence-corrected chi connectivity index (χ0v) is 18.0. The highest BCUT2D eigenvalue weighted by Gasteiger charge is 2.30. The van der Waals surface area contributed by atoms with Crippen LogP contribution in [-0.2, 0) is 6.18 Å². The first-order chi connectivity index (χ1) is 16.3. The molecule has 0 atom stereocenters. The topological polar surface area (TPSA) is 127 Å². The Bertz CT molecular complexity index is 1260. The van der Waals surface area contributed by atoms with E-state index in [4.69, 9.17) is 10.5 Å². The van der Waals surface area contributed by atoms with Crippen molar-refractivity contribution < 1.29 is 17.9 Å². The van der Waals surface area contributed by atoms with Crippen LogP contribution in [0.1, 0.15) is 18.9 Å². The molecule has 2 aromatic heterocycles. The van der Waals surface area contributed by atoms with Crippen LogP contribution in [0.15, 0.2) is 54.6 Å². The zero-order valence-electron chi connectivity index (χ0n) is 18.0. The number of aromatic nitrogens is 5. The number of benzene rings is 2. The maximum Gasteiger partial charge on any atom is 0.416 e. The number of hydrogen-bond donors (Lipinski definition) is 4. The Morgan fingerprint density at radius 1 is 1.03 bits per heavy atom. The second-order valence-corrected chi connectivity index (χ2v) is 7.23. The smallest absolute Gasteiger partial charge is 0.416 e. The van der Waals surface area contributed by atoms with E-state index in [2.05, 4.69) is 35.8 Å². The molecule has 5 N–H and O–H groups in total. The van der Waals surface area contributed by atoms with E-state index in [1.54, 1.807) is 30.3 Å². The molecule has 0 saturated heterocycles. The third-order valence-corrected chi connectivity index (χ3v) is 4.57. The van der Waals surface area contributed by atoms with E-state index >= 15 is 0 Å². The first-order valence-electron chi connectivity index (χ1n) is 10.3. The summed E-state index contributed by atoms with van der Waals surface area (Å²) in [6.45, 7) is 2.78.